The van der Waals surface area contributed by atoms with Crippen molar-refractivity contribution in [1.29, 1.82) is 0 Å². The molecular weight excluding hydrogens is 200 g/mol. The van der Waals surface area contributed by atoms with Crippen molar-refractivity contribution in [1.82, 2.24) is 0 Å². The highest BCUT2D eigenvalue weighted by Crippen LogP contribution is 2.31. The number of halogens is 1. The number of aliphatic hydroxyl groups is 1. The summed E-state index contributed by atoms with van der Waals surface area (Å²) >= 11 is 5.81. The molecule has 0 aromatic rings. The Labute approximate surface area is 78.7 Å². The largest absolute Gasteiger partial charge is 0.390 e. The van der Waals surface area contributed by atoms with Gasteiger partial charge >= 0.3 is 0 Å². The van der Waals surface area contributed by atoms with Crippen molar-refractivity contribution in [2.24, 2.45) is 0 Å². The number of sulfone groups is 1. The Bertz CT molecular complexity index is 235. The van der Waals surface area contributed by atoms with Crippen LogP contribution < -0.4 is 0 Å². The van der Waals surface area contributed by atoms with E-state index in [1.165, 1.54) is 13.8 Å². The van der Waals surface area contributed by atoms with Crippen LogP contribution in [0.2, 0.25) is 0 Å². The van der Waals surface area contributed by atoms with E-state index in [0.717, 1.165) is 0 Å². The van der Waals surface area contributed by atoms with Gasteiger partial charge in [0.2, 0.25) is 0 Å². The predicted octanol–water partition coefficient (Wildman–Crippen LogP) is 1.15. The normalized spacial score (nSPS) is 20.1. The van der Waals surface area contributed by atoms with E-state index < -0.39 is 20.1 Å². The summed E-state index contributed by atoms with van der Waals surface area (Å²) in [6, 6.07) is 0. The molecule has 0 heterocycles. The first-order chi connectivity index (χ1) is 5.31. The third-order valence-corrected chi connectivity index (χ3v) is 5.72. The van der Waals surface area contributed by atoms with Crippen molar-refractivity contribution in [3.05, 3.63) is 0 Å². The maximum atomic E-state index is 11.4. The summed E-state index contributed by atoms with van der Waals surface area (Å²) in [4.78, 5) is 0. The van der Waals surface area contributed by atoms with Crippen molar-refractivity contribution < 1.29 is 13.5 Å². The minimum atomic E-state index is -3.39. The molecule has 1 N–H and O–H groups in total. The average Bonchev–Trinajstić information content (AvgIpc) is 2.02. The molecule has 3 nitrogen and oxygen atoms in total. The van der Waals surface area contributed by atoms with Gasteiger partial charge in [-0.05, 0) is 13.3 Å². The first-order valence-corrected chi connectivity index (χ1v) is 5.94. The number of rotatable bonds is 4. The molecule has 0 aliphatic rings. The van der Waals surface area contributed by atoms with E-state index in [-0.39, 0.29) is 12.2 Å². The summed E-state index contributed by atoms with van der Waals surface area (Å²) in [6.45, 7) is 4.56. The van der Waals surface area contributed by atoms with Crippen LogP contribution in [-0.2, 0) is 9.84 Å². The van der Waals surface area contributed by atoms with Crippen molar-refractivity contribution in [2.75, 3.05) is 5.75 Å². The quantitative estimate of drug-likeness (QED) is 0.715. The second-order valence-corrected chi connectivity index (χ2v) is 6.15. The van der Waals surface area contributed by atoms with Gasteiger partial charge < -0.3 is 5.11 Å². The van der Waals surface area contributed by atoms with Gasteiger partial charge in [-0.1, -0.05) is 25.4 Å². The lowest BCUT2D eigenvalue weighted by molar-refractivity contribution is 0.171. The minimum Gasteiger partial charge on any atom is -0.390 e. The van der Waals surface area contributed by atoms with Crippen LogP contribution in [-0.4, -0.2) is 29.6 Å². The molecular formula is C7H15ClO3S. The minimum absolute atomic E-state index is 0.0464. The topological polar surface area (TPSA) is 54.4 Å². The van der Waals surface area contributed by atoms with Crippen LogP contribution in [0.1, 0.15) is 27.2 Å². The summed E-state index contributed by atoms with van der Waals surface area (Å²) in [5, 5.41) is 9.23. The van der Waals surface area contributed by atoms with Gasteiger partial charge in [0.1, 0.15) is 0 Å². The molecule has 0 radical (unpaired) electrons. The lowest BCUT2D eigenvalue weighted by Crippen LogP contribution is -2.43. The second-order valence-electron chi connectivity index (χ2n) is 2.72. The van der Waals surface area contributed by atoms with Crippen molar-refractivity contribution >= 4 is 21.4 Å². The van der Waals surface area contributed by atoms with Gasteiger partial charge in [-0.2, -0.15) is 0 Å². The lowest BCUT2D eigenvalue weighted by Gasteiger charge is -2.27. The van der Waals surface area contributed by atoms with E-state index in [1.807, 2.05) is 0 Å². The second kappa shape index (κ2) is 3.94. The van der Waals surface area contributed by atoms with E-state index in [0.29, 0.717) is 0 Å². The van der Waals surface area contributed by atoms with E-state index in [1.54, 1.807) is 6.92 Å². The molecule has 12 heavy (non-hydrogen) atoms. The van der Waals surface area contributed by atoms with E-state index >= 15 is 0 Å². The third-order valence-electron chi connectivity index (χ3n) is 2.00. The summed E-state index contributed by atoms with van der Waals surface area (Å²) in [5.41, 5.74) is 0. The maximum absolute atomic E-state index is 11.4. The van der Waals surface area contributed by atoms with Crippen LogP contribution in [0, 0.1) is 0 Å². The zero-order valence-electron chi connectivity index (χ0n) is 7.54. The maximum Gasteiger partial charge on any atom is 0.172 e. The Morgan fingerprint density at radius 3 is 2.00 bits per heavy atom. The SMILES string of the molecule is CCC(Cl)(C(C)O)S(=O)(=O)CC. The first kappa shape index (κ1) is 12.2. The highest BCUT2D eigenvalue weighted by Gasteiger charge is 2.43. The molecule has 0 saturated carbocycles. The van der Waals surface area contributed by atoms with Gasteiger partial charge in [0.25, 0.3) is 0 Å². The van der Waals surface area contributed by atoms with Crippen molar-refractivity contribution in [3.8, 4) is 0 Å². The third kappa shape index (κ3) is 1.92. The Hall–Kier alpha value is 0.200. The number of alkyl halides is 1. The fourth-order valence-corrected chi connectivity index (χ4v) is 2.78. The summed E-state index contributed by atoms with van der Waals surface area (Å²) < 4.78 is 21.3. The van der Waals surface area contributed by atoms with Gasteiger partial charge in [-0.25, -0.2) is 8.42 Å². The highest BCUT2D eigenvalue weighted by molar-refractivity contribution is 7.94. The highest BCUT2D eigenvalue weighted by atomic mass is 35.5. The summed E-state index contributed by atoms with van der Waals surface area (Å²) in [5.74, 6) is -0.0464. The molecule has 0 saturated heterocycles. The molecule has 0 aliphatic carbocycles. The number of hydrogen-bond donors (Lipinski definition) is 1. The van der Waals surface area contributed by atoms with Crippen molar-refractivity contribution in [2.45, 2.75) is 37.5 Å². The molecule has 0 aromatic carbocycles. The molecule has 2 atom stereocenters. The van der Waals surface area contributed by atoms with Crippen LogP contribution in [0.4, 0.5) is 0 Å². The Balaban J connectivity index is 5.02. The van der Waals surface area contributed by atoms with Gasteiger partial charge in [0.05, 0.1) is 6.10 Å². The van der Waals surface area contributed by atoms with E-state index in [4.69, 9.17) is 11.6 Å². The molecule has 74 valence electrons. The smallest absolute Gasteiger partial charge is 0.172 e. The standard InChI is InChI=1S/C7H15ClO3S/c1-4-7(8,6(3)9)12(10,11)5-2/h6,9H,4-5H2,1-3H3. The molecule has 0 spiro atoms. The summed E-state index contributed by atoms with van der Waals surface area (Å²) in [6.07, 6.45) is -0.836. The Kier molecular flexibility index (Phi) is 4.00. The molecule has 0 fully saturated rings. The van der Waals surface area contributed by atoms with E-state index in [2.05, 4.69) is 0 Å². The lowest BCUT2D eigenvalue weighted by atomic mass is 10.2. The molecule has 0 amide bonds. The molecule has 0 aromatic heterocycles. The fourth-order valence-electron chi connectivity index (χ4n) is 1.02. The van der Waals surface area contributed by atoms with E-state index in [9.17, 15) is 13.5 Å². The van der Waals surface area contributed by atoms with Crippen LogP contribution in [0.25, 0.3) is 0 Å². The van der Waals surface area contributed by atoms with Crippen molar-refractivity contribution in [3.63, 3.8) is 0 Å². The number of aliphatic hydroxyl groups excluding tert-OH is 1. The summed E-state index contributed by atoms with van der Waals surface area (Å²) in [7, 11) is -3.39. The Morgan fingerprint density at radius 2 is 1.92 bits per heavy atom. The van der Waals surface area contributed by atoms with Crippen LogP contribution in [0.15, 0.2) is 0 Å². The molecule has 0 rings (SSSR count). The zero-order chi connectivity index (χ0) is 9.99. The van der Waals surface area contributed by atoms with Gasteiger partial charge in [-0.3, -0.25) is 0 Å². The zero-order valence-corrected chi connectivity index (χ0v) is 9.11. The number of hydrogen-bond acceptors (Lipinski definition) is 3. The van der Waals surface area contributed by atoms with Gasteiger partial charge in [-0.15, -0.1) is 0 Å². The van der Waals surface area contributed by atoms with Crippen LogP contribution in [0.3, 0.4) is 0 Å². The average molecular weight is 215 g/mol. The molecule has 0 bridgehead atoms. The molecule has 2 unspecified atom stereocenters. The van der Waals surface area contributed by atoms with Gasteiger partial charge in [0, 0.05) is 5.75 Å². The van der Waals surface area contributed by atoms with Crippen LogP contribution >= 0.6 is 11.6 Å². The fraction of sp³-hybridized carbons (Fsp3) is 1.00. The van der Waals surface area contributed by atoms with Crippen LogP contribution in [0.5, 0.6) is 0 Å². The molecule has 0 aliphatic heterocycles. The predicted molar refractivity (Wildman–Crippen MR) is 50.0 cm³/mol. The van der Waals surface area contributed by atoms with Gasteiger partial charge in [0.15, 0.2) is 14.0 Å². The first-order valence-electron chi connectivity index (χ1n) is 3.91. The Morgan fingerprint density at radius 1 is 1.50 bits per heavy atom. The molecule has 5 heteroatoms. The monoisotopic (exact) mass is 214 g/mol.